The standard InChI is InChI=1S/C26H25ClF2N6O2/c27-18-6-16(28)11-31-22(18)5-15-10-26(15)9-14(24(30)36)3-4-35(26)25(37)23-8-21(33-34-23)17-7-20(13-1-2-13)32-12-19(17)29/h6-8,11-15H,1-5,9-10H2,(H2,30,36)(H,33,34). The van der Waals surface area contributed by atoms with E-state index in [0.717, 1.165) is 24.7 Å². The molecule has 37 heavy (non-hydrogen) atoms. The summed E-state index contributed by atoms with van der Waals surface area (Å²) in [4.78, 5) is 35.8. The minimum Gasteiger partial charge on any atom is -0.369 e. The van der Waals surface area contributed by atoms with Crippen molar-refractivity contribution in [3.05, 3.63) is 64.3 Å². The fraction of sp³-hybridized carbons (Fsp3) is 0.423. The molecule has 2 amide bonds. The van der Waals surface area contributed by atoms with Crippen LogP contribution in [0.4, 0.5) is 8.78 Å². The number of nitrogens with two attached hydrogens (primary N) is 1. The van der Waals surface area contributed by atoms with Gasteiger partial charge in [-0.1, -0.05) is 11.6 Å². The lowest BCUT2D eigenvalue weighted by Gasteiger charge is -2.40. The quantitative estimate of drug-likeness (QED) is 0.503. The Kier molecular flexibility index (Phi) is 5.74. The highest BCUT2D eigenvalue weighted by Crippen LogP contribution is 2.57. The number of hydrogen-bond donors (Lipinski definition) is 2. The number of carbonyl (C=O) groups excluding carboxylic acids is 2. The zero-order valence-corrected chi connectivity index (χ0v) is 20.6. The molecule has 3 aliphatic rings. The number of H-pyrrole nitrogens is 1. The Labute approximate surface area is 216 Å². The maximum absolute atomic E-state index is 14.6. The van der Waals surface area contributed by atoms with Gasteiger partial charge in [0.05, 0.1) is 28.8 Å². The first-order valence-electron chi connectivity index (χ1n) is 12.4. The molecule has 3 atom stereocenters. The molecule has 1 aliphatic heterocycles. The van der Waals surface area contributed by atoms with Crippen LogP contribution in [0.15, 0.2) is 30.6 Å². The van der Waals surface area contributed by atoms with Crippen LogP contribution in [-0.4, -0.2) is 49.0 Å². The van der Waals surface area contributed by atoms with Crippen molar-refractivity contribution < 1.29 is 18.4 Å². The Hall–Kier alpha value is -3.40. The molecule has 2 saturated carbocycles. The third-order valence-electron chi connectivity index (χ3n) is 7.97. The molecule has 4 heterocycles. The summed E-state index contributed by atoms with van der Waals surface area (Å²) in [7, 11) is 0. The maximum atomic E-state index is 14.6. The van der Waals surface area contributed by atoms with Gasteiger partial charge in [0.1, 0.15) is 5.82 Å². The predicted octanol–water partition coefficient (Wildman–Crippen LogP) is 4.01. The highest BCUT2D eigenvalue weighted by Gasteiger charge is 2.62. The van der Waals surface area contributed by atoms with Gasteiger partial charge in [0.25, 0.3) is 5.91 Å². The Morgan fingerprint density at radius 3 is 2.68 bits per heavy atom. The summed E-state index contributed by atoms with van der Waals surface area (Å²) in [5.74, 6) is -1.73. The van der Waals surface area contributed by atoms with E-state index in [2.05, 4.69) is 20.2 Å². The molecule has 8 nitrogen and oxygen atoms in total. The van der Waals surface area contributed by atoms with Crippen LogP contribution in [0.3, 0.4) is 0 Å². The minimum atomic E-state index is -0.603. The number of halogens is 3. The second-order valence-corrected chi connectivity index (χ2v) is 10.8. The van der Waals surface area contributed by atoms with Crippen LogP contribution in [0.25, 0.3) is 11.3 Å². The predicted molar refractivity (Wildman–Crippen MR) is 130 cm³/mol. The van der Waals surface area contributed by atoms with E-state index >= 15 is 0 Å². The summed E-state index contributed by atoms with van der Waals surface area (Å²) in [6, 6.07) is 4.49. The third kappa shape index (κ3) is 4.37. The second kappa shape index (κ2) is 8.86. The molecule has 11 heteroatoms. The average Bonchev–Trinajstić information content (AvgIpc) is 3.78. The van der Waals surface area contributed by atoms with Crippen molar-refractivity contribution in [2.75, 3.05) is 6.54 Å². The second-order valence-electron chi connectivity index (χ2n) is 10.4. The van der Waals surface area contributed by atoms with Gasteiger partial charge in [0.2, 0.25) is 5.91 Å². The van der Waals surface area contributed by atoms with Gasteiger partial charge in [-0.2, -0.15) is 5.10 Å². The lowest BCUT2D eigenvalue weighted by Crippen LogP contribution is -2.51. The largest absolute Gasteiger partial charge is 0.369 e. The Balaban J connectivity index is 1.26. The average molecular weight is 527 g/mol. The zero-order valence-electron chi connectivity index (χ0n) is 19.9. The van der Waals surface area contributed by atoms with Crippen LogP contribution in [-0.2, 0) is 11.2 Å². The normalized spacial score (nSPS) is 24.9. The van der Waals surface area contributed by atoms with E-state index in [1.165, 1.54) is 12.3 Å². The van der Waals surface area contributed by atoms with E-state index in [0.29, 0.717) is 55.1 Å². The number of amides is 2. The number of carbonyl (C=O) groups is 2. The van der Waals surface area contributed by atoms with Crippen molar-refractivity contribution in [2.45, 2.75) is 50.0 Å². The molecule has 1 saturated heterocycles. The molecular formula is C26H25ClF2N6O2. The van der Waals surface area contributed by atoms with Crippen molar-refractivity contribution in [1.29, 1.82) is 0 Å². The summed E-state index contributed by atoms with van der Waals surface area (Å²) < 4.78 is 28.1. The van der Waals surface area contributed by atoms with Crippen molar-refractivity contribution in [1.82, 2.24) is 25.1 Å². The first-order chi connectivity index (χ1) is 17.7. The van der Waals surface area contributed by atoms with E-state index in [9.17, 15) is 18.4 Å². The van der Waals surface area contributed by atoms with Gasteiger partial charge in [0, 0.05) is 35.2 Å². The van der Waals surface area contributed by atoms with Gasteiger partial charge in [-0.3, -0.25) is 24.7 Å². The number of rotatable bonds is 6. The number of hydrogen-bond acceptors (Lipinski definition) is 5. The van der Waals surface area contributed by atoms with Crippen LogP contribution < -0.4 is 5.73 Å². The molecule has 3 fully saturated rings. The van der Waals surface area contributed by atoms with E-state index in [1.54, 1.807) is 17.0 Å². The molecule has 0 bridgehead atoms. The fourth-order valence-corrected chi connectivity index (χ4v) is 5.93. The Morgan fingerprint density at radius 1 is 1.14 bits per heavy atom. The van der Waals surface area contributed by atoms with Crippen LogP contribution in [0, 0.1) is 23.5 Å². The van der Waals surface area contributed by atoms with Crippen LogP contribution in [0.5, 0.6) is 0 Å². The number of aromatic nitrogens is 4. The van der Waals surface area contributed by atoms with Gasteiger partial charge in [-0.25, -0.2) is 8.78 Å². The van der Waals surface area contributed by atoms with E-state index in [1.807, 2.05) is 0 Å². The van der Waals surface area contributed by atoms with E-state index in [4.69, 9.17) is 17.3 Å². The topological polar surface area (TPSA) is 118 Å². The summed E-state index contributed by atoms with van der Waals surface area (Å²) in [6.45, 7) is 0.338. The van der Waals surface area contributed by atoms with Gasteiger partial charge in [-0.05, 0) is 62.6 Å². The summed E-state index contributed by atoms with van der Waals surface area (Å²) in [5.41, 5.74) is 7.30. The van der Waals surface area contributed by atoms with Gasteiger partial charge < -0.3 is 10.6 Å². The lowest BCUT2D eigenvalue weighted by molar-refractivity contribution is -0.124. The Morgan fingerprint density at radius 2 is 1.95 bits per heavy atom. The molecule has 192 valence electrons. The molecule has 3 aromatic rings. The molecule has 6 rings (SSSR count). The molecule has 3 unspecified atom stereocenters. The first-order valence-corrected chi connectivity index (χ1v) is 12.8. The van der Waals surface area contributed by atoms with Crippen LogP contribution in [0.1, 0.15) is 59.9 Å². The molecule has 2 aliphatic carbocycles. The molecule has 1 spiro atoms. The number of pyridine rings is 2. The van der Waals surface area contributed by atoms with E-state index in [-0.39, 0.29) is 28.5 Å². The number of aromatic amines is 1. The number of likely N-dealkylation sites (tertiary alicyclic amines) is 1. The summed E-state index contributed by atoms with van der Waals surface area (Å²) in [5, 5.41) is 7.24. The van der Waals surface area contributed by atoms with Crippen molar-refractivity contribution in [3.63, 3.8) is 0 Å². The summed E-state index contributed by atoms with van der Waals surface area (Å²) >= 11 is 6.20. The van der Waals surface area contributed by atoms with Gasteiger partial charge in [-0.15, -0.1) is 0 Å². The molecule has 3 N–H and O–H groups in total. The van der Waals surface area contributed by atoms with Crippen LogP contribution in [0.2, 0.25) is 5.02 Å². The number of nitrogens with one attached hydrogen (secondary N) is 1. The monoisotopic (exact) mass is 526 g/mol. The maximum Gasteiger partial charge on any atom is 0.274 e. The van der Waals surface area contributed by atoms with E-state index < -0.39 is 23.1 Å². The highest BCUT2D eigenvalue weighted by atomic mass is 35.5. The van der Waals surface area contributed by atoms with Gasteiger partial charge in [0.15, 0.2) is 11.5 Å². The number of nitrogens with zero attached hydrogens (tertiary/aromatic N) is 4. The highest BCUT2D eigenvalue weighted by molar-refractivity contribution is 6.31. The van der Waals surface area contributed by atoms with Gasteiger partial charge >= 0.3 is 0 Å². The first kappa shape index (κ1) is 24.0. The molecule has 0 radical (unpaired) electrons. The number of primary amides is 1. The summed E-state index contributed by atoms with van der Waals surface area (Å²) in [6.07, 6.45) is 6.35. The van der Waals surface area contributed by atoms with Crippen molar-refractivity contribution >= 4 is 23.4 Å². The number of piperidine rings is 1. The Bertz CT molecular complexity index is 1410. The molecule has 3 aromatic heterocycles. The lowest BCUT2D eigenvalue weighted by atomic mass is 9.86. The minimum absolute atomic E-state index is 0.0220. The zero-order chi connectivity index (χ0) is 25.9. The SMILES string of the molecule is NC(=O)C1CCN(C(=O)c2cc(-c3cc(C4CC4)ncc3F)[nH]n2)C2(C1)CC2Cc1ncc(F)cc1Cl. The smallest absolute Gasteiger partial charge is 0.274 e. The van der Waals surface area contributed by atoms with Crippen LogP contribution >= 0.6 is 11.6 Å². The molecular weight excluding hydrogens is 502 g/mol. The molecule has 0 aromatic carbocycles. The van der Waals surface area contributed by atoms with Crippen molar-refractivity contribution in [3.8, 4) is 11.3 Å². The van der Waals surface area contributed by atoms with Crippen molar-refractivity contribution in [2.24, 2.45) is 17.6 Å². The third-order valence-corrected chi connectivity index (χ3v) is 8.30. The fourth-order valence-electron chi connectivity index (χ4n) is 5.70.